The van der Waals surface area contributed by atoms with Crippen LogP contribution in [0.3, 0.4) is 0 Å². The van der Waals surface area contributed by atoms with Gasteiger partial charge in [0.15, 0.2) is 0 Å². The van der Waals surface area contributed by atoms with Gasteiger partial charge in [-0.05, 0) is 31.9 Å². The van der Waals surface area contributed by atoms with E-state index in [1.54, 1.807) is 4.90 Å². The zero-order valence-corrected chi connectivity index (χ0v) is 17.0. The Morgan fingerprint density at radius 1 is 0.964 bits per heavy atom. The average Bonchev–Trinajstić information content (AvgIpc) is 2.61. The van der Waals surface area contributed by atoms with Gasteiger partial charge >= 0.3 is 6.09 Å². The third kappa shape index (κ3) is 4.72. The second kappa shape index (κ2) is 8.33. The molecule has 2 aromatic rings. The van der Waals surface area contributed by atoms with Crippen molar-refractivity contribution in [1.82, 2.24) is 9.80 Å². The topological polar surface area (TPSA) is 53.0 Å². The first kappa shape index (κ1) is 20.4. The van der Waals surface area contributed by atoms with Crippen LogP contribution < -0.4 is 0 Å². The van der Waals surface area contributed by atoms with Crippen molar-refractivity contribution in [3.05, 3.63) is 71.8 Å². The number of benzene rings is 2. The van der Waals surface area contributed by atoms with Gasteiger partial charge in [0.2, 0.25) is 0 Å². The van der Waals surface area contributed by atoms with E-state index >= 15 is 0 Å². The summed E-state index contributed by atoms with van der Waals surface area (Å²) in [6.07, 6.45) is -0.891. The molecule has 3 rings (SSSR count). The fraction of sp³-hybridized carbons (Fsp3) is 0.435. The van der Waals surface area contributed by atoms with Crippen molar-refractivity contribution in [3.63, 3.8) is 0 Å². The predicted octanol–water partition coefficient (Wildman–Crippen LogP) is 4.24. The summed E-state index contributed by atoms with van der Waals surface area (Å²) in [6.45, 7) is 8.80. The number of ether oxygens (including phenoxy) is 1. The van der Waals surface area contributed by atoms with Gasteiger partial charge < -0.3 is 14.7 Å². The number of amides is 1. The number of rotatable bonds is 7. The van der Waals surface area contributed by atoms with E-state index in [0.29, 0.717) is 19.8 Å². The highest BCUT2D eigenvalue weighted by Crippen LogP contribution is 2.32. The van der Waals surface area contributed by atoms with E-state index in [-0.39, 0.29) is 5.54 Å². The van der Waals surface area contributed by atoms with Crippen LogP contribution in [-0.4, -0.2) is 51.8 Å². The van der Waals surface area contributed by atoms with Gasteiger partial charge in [0.25, 0.3) is 0 Å². The van der Waals surface area contributed by atoms with Crippen molar-refractivity contribution >= 4 is 6.09 Å². The van der Waals surface area contributed by atoms with Crippen LogP contribution in [-0.2, 0) is 17.8 Å². The molecule has 0 saturated carbocycles. The Hall–Kier alpha value is -2.37. The highest BCUT2D eigenvalue weighted by molar-refractivity contribution is 5.66. The zero-order chi connectivity index (χ0) is 20.2. The molecule has 1 heterocycles. The lowest BCUT2D eigenvalue weighted by Gasteiger charge is -2.53. The van der Waals surface area contributed by atoms with Crippen molar-refractivity contribution in [2.24, 2.45) is 0 Å². The zero-order valence-electron chi connectivity index (χ0n) is 17.0. The van der Waals surface area contributed by atoms with E-state index in [4.69, 9.17) is 4.74 Å². The van der Waals surface area contributed by atoms with Gasteiger partial charge in [0.05, 0.1) is 18.8 Å². The van der Waals surface area contributed by atoms with Gasteiger partial charge in [-0.1, -0.05) is 60.7 Å². The van der Waals surface area contributed by atoms with Crippen molar-refractivity contribution in [2.75, 3.05) is 19.8 Å². The molecule has 5 heteroatoms. The SMILES string of the molecule is CC(C)(C)N(CC1(N(Cc2ccccc2)Cc2ccccc2)COC1)C(=O)O. The molecule has 1 aliphatic heterocycles. The van der Waals surface area contributed by atoms with Crippen molar-refractivity contribution in [2.45, 2.75) is 44.9 Å². The molecule has 1 fully saturated rings. The second-order valence-corrected chi connectivity index (χ2v) is 8.58. The van der Waals surface area contributed by atoms with E-state index < -0.39 is 11.6 Å². The summed E-state index contributed by atoms with van der Waals surface area (Å²) in [5, 5.41) is 9.82. The van der Waals surface area contributed by atoms with Crippen LogP contribution in [0.25, 0.3) is 0 Å². The molecule has 0 radical (unpaired) electrons. The largest absolute Gasteiger partial charge is 0.465 e. The minimum absolute atomic E-state index is 0.336. The van der Waals surface area contributed by atoms with Crippen molar-refractivity contribution < 1.29 is 14.6 Å². The molecule has 0 unspecified atom stereocenters. The number of carboxylic acid groups (broad SMARTS) is 1. The van der Waals surface area contributed by atoms with Gasteiger partial charge in [-0.3, -0.25) is 4.90 Å². The van der Waals surface area contributed by atoms with Crippen LogP contribution in [0.2, 0.25) is 0 Å². The molecule has 0 atom stereocenters. The maximum Gasteiger partial charge on any atom is 0.407 e. The van der Waals surface area contributed by atoms with E-state index in [9.17, 15) is 9.90 Å². The summed E-state index contributed by atoms with van der Waals surface area (Å²) in [5.74, 6) is 0. The molecule has 0 spiro atoms. The highest BCUT2D eigenvalue weighted by Gasteiger charge is 2.48. The third-order valence-corrected chi connectivity index (χ3v) is 5.34. The third-order valence-electron chi connectivity index (χ3n) is 5.34. The van der Waals surface area contributed by atoms with Crippen LogP contribution in [0.4, 0.5) is 4.79 Å². The summed E-state index contributed by atoms with van der Waals surface area (Å²) in [7, 11) is 0. The van der Waals surface area contributed by atoms with Gasteiger partial charge in [-0.2, -0.15) is 0 Å². The van der Waals surface area contributed by atoms with Crippen LogP contribution >= 0.6 is 0 Å². The Morgan fingerprint density at radius 3 is 1.75 bits per heavy atom. The monoisotopic (exact) mass is 382 g/mol. The minimum Gasteiger partial charge on any atom is -0.465 e. The Labute approximate surface area is 167 Å². The molecule has 1 aliphatic rings. The van der Waals surface area contributed by atoms with Gasteiger partial charge in [-0.15, -0.1) is 0 Å². The molecule has 1 amide bonds. The Balaban J connectivity index is 1.90. The van der Waals surface area contributed by atoms with Crippen LogP contribution in [0, 0.1) is 0 Å². The minimum atomic E-state index is -0.891. The average molecular weight is 383 g/mol. The first-order valence-corrected chi connectivity index (χ1v) is 9.71. The predicted molar refractivity (Wildman–Crippen MR) is 110 cm³/mol. The normalized spacial score (nSPS) is 15.9. The maximum absolute atomic E-state index is 12.0. The van der Waals surface area contributed by atoms with E-state index in [1.807, 2.05) is 57.2 Å². The molecule has 0 bridgehead atoms. The summed E-state index contributed by atoms with van der Waals surface area (Å²) in [5.41, 5.74) is 1.61. The van der Waals surface area contributed by atoms with Gasteiger partial charge in [0, 0.05) is 25.2 Å². The van der Waals surface area contributed by atoms with E-state index in [2.05, 4.69) is 29.2 Å². The molecular formula is C23H30N2O3. The number of nitrogens with zero attached hydrogens (tertiary/aromatic N) is 2. The number of carbonyl (C=O) groups is 1. The first-order valence-electron chi connectivity index (χ1n) is 9.71. The maximum atomic E-state index is 12.0. The summed E-state index contributed by atoms with van der Waals surface area (Å²) in [6, 6.07) is 20.6. The quantitative estimate of drug-likeness (QED) is 0.778. The molecule has 1 saturated heterocycles. The van der Waals surface area contributed by atoms with E-state index in [1.165, 1.54) is 11.1 Å². The second-order valence-electron chi connectivity index (χ2n) is 8.58. The smallest absolute Gasteiger partial charge is 0.407 e. The molecule has 0 aromatic heterocycles. The van der Waals surface area contributed by atoms with Crippen molar-refractivity contribution in [3.8, 4) is 0 Å². The fourth-order valence-electron chi connectivity index (χ4n) is 3.60. The van der Waals surface area contributed by atoms with Crippen LogP contribution in [0.15, 0.2) is 60.7 Å². The lowest BCUT2D eigenvalue weighted by atomic mass is 9.90. The molecule has 0 aliphatic carbocycles. The van der Waals surface area contributed by atoms with Crippen molar-refractivity contribution in [1.29, 1.82) is 0 Å². The number of hydrogen-bond donors (Lipinski definition) is 1. The Bertz CT molecular complexity index is 726. The lowest BCUT2D eigenvalue weighted by molar-refractivity contribution is -0.160. The highest BCUT2D eigenvalue weighted by atomic mass is 16.5. The summed E-state index contributed by atoms with van der Waals surface area (Å²) in [4.78, 5) is 15.9. The molecule has 2 aromatic carbocycles. The van der Waals surface area contributed by atoms with Crippen LogP contribution in [0.1, 0.15) is 31.9 Å². The van der Waals surface area contributed by atoms with E-state index in [0.717, 1.165) is 13.1 Å². The number of hydrogen-bond acceptors (Lipinski definition) is 3. The van der Waals surface area contributed by atoms with Gasteiger partial charge in [-0.25, -0.2) is 4.79 Å². The van der Waals surface area contributed by atoms with Gasteiger partial charge in [0.1, 0.15) is 0 Å². The first-order chi connectivity index (χ1) is 13.3. The molecule has 1 N–H and O–H groups in total. The fourth-order valence-corrected chi connectivity index (χ4v) is 3.60. The molecule has 5 nitrogen and oxygen atoms in total. The standard InChI is InChI=1S/C23H30N2O3/c1-22(2,3)25(21(26)27)16-23(17-28-18-23)24(14-19-10-6-4-7-11-19)15-20-12-8-5-9-13-20/h4-13H,14-18H2,1-3H3,(H,26,27). The van der Waals surface area contributed by atoms with Crippen LogP contribution in [0.5, 0.6) is 0 Å². The summed E-state index contributed by atoms with van der Waals surface area (Å²) < 4.78 is 5.63. The molecule has 28 heavy (non-hydrogen) atoms. The Kier molecular flexibility index (Phi) is 6.06. The lowest BCUT2D eigenvalue weighted by Crippen LogP contribution is -2.68. The Morgan fingerprint density at radius 2 is 1.43 bits per heavy atom. The molecule has 150 valence electrons. The summed E-state index contributed by atoms with van der Waals surface area (Å²) >= 11 is 0. The molecular weight excluding hydrogens is 352 g/mol.